The van der Waals surface area contributed by atoms with Crippen molar-refractivity contribution in [3.63, 3.8) is 0 Å². The lowest BCUT2D eigenvalue weighted by molar-refractivity contribution is 0.0521. The molecular formula is C10H10BrFO2. The highest BCUT2D eigenvalue weighted by Crippen LogP contribution is 2.22. The maximum absolute atomic E-state index is 13.5. The Morgan fingerprint density at radius 3 is 2.79 bits per heavy atom. The van der Waals surface area contributed by atoms with Crippen LogP contribution in [0, 0.1) is 12.7 Å². The number of esters is 1. The third-order valence-electron chi connectivity index (χ3n) is 1.82. The lowest BCUT2D eigenvalue weighted by Crippen LogP contribution is -2.08. The number of halogens is 2. The Bertz CT molecular complexity index is 363. The molecule has 0 aromatic heterocycles. The van der Waals surface area contributed by atoms with E-state index in [0.29, 0.717) is 10.0 Å². The van der Waals surface area contributed by atoms with Gasteiger partial charge in [-0.3, -0.25) is 0 Å². The molecule has 0 aliphatic heterocycles. The molecule has 0 saturated carbocycles. The first-order valence-corrected chi connectivity index (χ1v) is 4.99. The minimum atomic E-state index is -0.624. The predicted molar refractivity (Wildman–Crippen MR) is 54.8 cm³/mol. The summed E-state index contributed by atoms with van der Waals surface area (Å²) in [6.45, 7) is 3.52. The van der Waals surface area contributed by atoms with E-state index in [9.17, 15) is 9.18 Å². The van der Waals surface area contributed by atoms with Crippen LogP contribution in [0.1, 0.15) is 22.8 Å². The van der Waals surface area contributed by atoms with Crippen LogP contribution in [-0.4, -0.2) is 12.6 Å². The van der Waals surface area contributed by atoms with E-state index in [-0.39, 0.29) is 12.2 Å². The summed E-state index contributed by atoms with van der Waals surface area (Å²) >= 11 is 3.18. The van der Waals surface area contributed by atoms with Crippen molar-refractivity contribution in [3.05, 3.63) is 33.5 Å². The molecule has 1 rings (SSSR count). The summed E-state index contributed by atoms with van der Waals surface area (Å²) in [5.41, 5.74) is 0.392. The lowest BCUT2D eigenvalue weighted by Gasteiger charge is -2.06. The number of carbonyl (C=O) groups is 1. The minimum Gasteiger partial charge on any atom is -0.462 e. The highest BCUT2D eigenvalue weighted by atomic mass is 79.9. The SMILES string of the molecule is CCOC(=O)c1ccc(Br)c(C)c1F. The maximum atomic E-state index is 13.5. The van der Waals surface area contributed by atoms with Gasteiger partial charge in [-0.05, 0) is 31.5 Å². The van der Waals surface area contributed by atoms with Crippen LogP contribution < -0.4 is 0 Å². The fraction of sp³-hybridized carbons (Fsp3) is 0.300. The zero-order valence-corrected chi connectivity index (χ0v) is 9.52. The predicted octanol–water partition coefficient (Wildman–Crippen LogP) is 3.07. The average molecular weight is 261 g/mol. The molecule has 76 valence electrons. The molecule has 0 heterocycles. The van der Waals surface area contributed by atoms with Crippen molar-refractivity contribution in [1.29, 1.82) is 0 Å². The zero-order valence-electron chi connectivity index (χ0n) is 7.93. The van der Waals surface area contributed by atoms with Gasteiger partial charge in [-0.1, -0.05) is 15.9 Å². The highest BCUT2D eigenvalue weighted by molar-refractivity contribution is 9.10. The van der Waals surface area contributed by atoms with Crippen molar-refractivity contribution >= 4 is 21.9 Å². The second-order valence-corrected chi connectivity index (χ2v) is 3.61. The molecule has 0 saturated heterocycles. The molecule has 0 spiro atoms. The van der Waals surface area contributed by atoms with Gasteiger partial charge in [-0.2, -0.15) is 0 Å². The van der Waals surface area contributed by atoms with Crippen molar-refractivity contribution in [3.8, 4) is 0 Å². The molecule has 0 fully saturated rings. The molecule has 1 aromatic rings. The first-order chi connectivity index (χ1) is 6.57. The van der Waals surface area contributed by atoms with Crippen LogP contribution in [0.3, 0.4) is 0 Å². The number of benzene rings is 1. The Hall–Kier alpha value is -0.900. The van der Waals surface area contributed by atoms with E-state index in [1.54, 1.807) is 19.9 Å². The largest absolute Gasteiger partial charge is 0.462 e. The molecule has 0 N–H and O–H groups in total. The Morgan fingerprint density at radius 2 is 2.21 bits per heavy atom. The quantitative estimate of drug-likeness (QED) is 0.765. The van der Waals surface area contributed by atoms with Crippen molar-refractivity contribution in [1.82, 2.24) is 0 Å². The van der Waals surface area contributed by atoms with Crippen LogP contribution in [-0.2, 0) is 4.74 Å². The molecule has 0 atom stereocenters. The van der Waals surface area contributed by atoms with Crippen LogP contribution in [0.15, 0.2) is 16.6 Å². The first-order valence-electron chi connectivity index (χ1n) is 4.19. The Labute approximate surface area is 90.2 Å². The van der Waals surface area contributed by atoms with E-state index in [4.69, 9.17) is 4.74 Å². The average Bonchev–Trinajstić information content (AvgIpc) is 2.15. The van der Waals surface area contributed by atoms with E-state index in [1.165, 1.54) is 6.07 Å². The van der Waals surface area contributed by atoms with Gasteiger partial charge in [-0.15, -0.1) is 0 Å². The van der Waals surface area contributed by atoms with E-state index in [1.807, 2.05) is 0 Å². The molecule has 0 amide bonds. The summed E-state index contributed by atoms with van der Waals surface area (Å²) in [5.74, 6) is -1.15. The van der Waals surface area contributed by atoms with Gasteiger partial charge in [0.25, 0.3) is 0 Å². The molecular weight excluding hydrogens is 251 g/mol. The van der Waals surface area contributed by atoms with Crippen LogP contribution >= 0.6 is 15.9 Å². The minimum absolute atomic E-state index is 0.0208. The zero-order chi connectivity index (χ0) is 10.7. The number of hydrogen-bond donors (Lipinski definition) is 0. The number of carbonyl (C=O) groups excluding carboxylic acids is 1. The van der Waals surface area contributed by atoms with Crippen LogP contribution in [0.2, 0.25) is 0 Å². The number of hydrogen-bond acceptors (Lipinski definition) is 2. The van der Waals surface area contributed by atoms with Crippen molar-refractivity contribution in [2.75, 3.05) is 6.61 Å². The van der Waals surface area contributed by atoms with Crippen molar-refractivity contribution < 1.29 is 13.9 Å². The Morgan fingerprint density at radius 1 is 1.57 bits per heavy atom. The fourth-order valence-electron chi connectivity index (χ4n) is 1.03. The highest BCUT2D eigenvalue weighted by Gasteiger charge is 2.15. The van der Waals surface area contributed by atoms with E-state index in [2.05, 4.69) is 15.9 Å². The Balaban J connectivity index is 3.11. The molecule has 4 heteroatoms. The maximum Gasteiger partial charge on any atom is 0.341 e. The van der Waals surface area contributed by atoms with Gasteiger partial charge < -0.3 is 4.74 Å². The third kappa shape index (κ3) is 2.12. The van der Waals surface area contributed by atoms with Gasteiger partial charge in [0.1, 0.15) is 5.82 Å². The summed E-state index contributed by atoms with van der Waals surface area (Å²) in [6.07, 6.45) is 0. The monoisotopic (exact) mass is 260 g/mol. The van der Waals surface area contributed by atoms with Crippen molar-refractivity contribution in [2.24, 2.45) is 0 Å². The van der Waals surface area contributed by atoms with Gasteiger partial charge in [0.15, 0.2) is 0 Å². The van der Waals surface area contributed by atoms with Gasteiger partial charge in [0.05, 0.1) is 12.2 Å². The summed E-state index contributed by atoms with van der Waals surface area (Å²) < 4.78 is 18.9. The number of ether oxygens (including phenoxy) is 1. The molecule has 14 heavy (non-hydrogen) atoms. The van der Waals surface area contributed by atoms with Crippen molar-refractivity contribution in [2.45, 2.75) is 13.8 Å². The summed E-state index contributed by atoms with van der Waals surface area (Å²) in [4.78, 5) is 11.3. The van der Waals surface area contributed by atoms with Gasteiger partial charge in [0, 0.05) is 4.47 Å². The normalized spacial score (nSPS) is 10.0. The molecule has 0 aliphatic rings. The lowest BCUT2D eigenvalue weighted by atomic mass is 10.1. The third-order valence-corrected chi connectivity index (χ3v) is 2.67. The standard InChI is InChI=1S/C10H10BrFO2/c1-3-14-10(13)7-4-5-8(11)6(2)9(7)12/h4-5H,3H2,1-2H3. The van der Waals surface area contributed by atoms with E-state index < -0.39 is 11.8 Å². The van der Waals surface area contributed by atoms with Crippen LogP contribution in [0.4, 0.5) is 4.39 Å². The van der Waals surface area contributed by atoms with Gasteiger partial charge >= 0.3 is 5.97 Å². The Kier molecular flexibility index (Phi) is 3.63. The molecule has 2 nitrogen and oxygen atoms in total. The summed E-state index contributed by atoms with van der Waals surface area (Å²) in [7, 11) is 0. The molecule has 0 aliphatic carbocycles. The van der Waals surface area contributed by atoms with Gasteiger partial charge in [0.2, 0.25) is 0 Å². The fourth-order valence-corrected chi connectivity index (χ4v) is 1.33. The van der Waals surface area contributed by atoms with E-state index >= 15 is 0 Å². The second kappa shape index (κ2) is 4.55. The second-order valence-electron chi connectivity index (χ2n) is 2.75. The van der Waals surface area contributed by atoms with Crippen LogP contribution in [0.25, 0.3) is 0 Å². The smallest absolute Gasteiger partial charge is 0.341 e. The molecule has 0 bridgehead atoms. The summed E-state index contributed by atoms with van der Waals surface area (Å²) in [6, 6.07) is 3.04. The molecule has 0 radical (unpaired) electrons. The first kappa shape index (κ1) is 11.2. The molecule has 0 unspecified atom stereocenters. The number of rotatable bonds is 2. The van der Waals surface area contributed by atoms with Crippen LogP contribution in [0.5, 0.6) is 0 Å². The van der Waals surface area contributed by atoms with E-state index in [0.717, 1.165) is 0 Å². The van der Waals surface area contributed by atoms with Gasteiger partial charge in [-0.25, -0.2) is 9.18 Å². The topological polar surface area (TPSA) is 26.3 Å². The summed E-state index contributed by atoms with van der Waals surface area (Å²) in [5, 5.41) is 0. The molecule has 1 aromatic carbocycles.